The van der Waals surface area contributed by atoms with Crippen molar-refractivity contribution in [2.75, 3.05) is 13.2 Å². The Kier molecular flexibility index (Phi) is 4.39. The number of allylic oxidation sites excluding steroid dienone is 1. The maximum absolute atomic E-state index is 6.01. The molecule has 0 bridgehead atoms. The van der Waals surface area contributed by atoms with Gasteiger partial charge in [0.05, 0.1) is 12.9 Å². The number of hydrogen-bond acceptors (Lipinski definition) is 3. The van der Waals surface area contributed by atoms with Crippen LogP contribution < -0.4 is 0 Å². The summed E-state index contributed by atoms with van der Waals surface area (Å²) < 4.78 is 17.2. The molecule has 1 rings (SSSR count). The Balaban J connectivity index is 2.48. The lowest BCUT2D eigenvalue weighted by atomic mass is 10.0. The molecule has 0 aromatic carbocycles. The molecule has 2 atom stereocenters. The molecule has 0 amide bonds. The zero-order chi connectivity index (χ0) is 12.2. The van der Waals surface area contributed by atoms with E-state index < -0.39 is 5.79 Å². The molecule has 2 unspecified atom stereocenters. The van der Waals surface area contributed by atoms with Gasteiger partial charge in [0.2, 0.25) is 0 Å². The van der Waals surface area contributed by atoms with Crippen LogP contribution in [0.3, 0.4) is 0 Å². The molecule has 0 aliphatic carbocycles. The van der Waals surface area contributed by atoms with Crippen molar-refractivity contribution in [3.05, 3.63) is 12.3 Å². The average Bonchev–Trinajstić information content (AvgIpc) is 2.42. The fourth-order valence-electron chi connectivity index (χ4n) is 2.12. The molecule has 0 saturated carbocycles. The molecule has 16 heavy (non-hydrogen) atoms. The second-order valence-electron chi connectivity index (χ2n) is 5.35. The van der Waals surface area contributed by atoms with E-state index in [0.29, 0.717) is 19.1 Å². The monoisotopic (exact) mass is 228 g/mol. The van der Waals surface area contributed by atoms with Gasteiger partial charge in [-0.05, 0) is 26.7 Å². The van der Waals surface area contributed by atoms with Crippen molar-refractivity contribution < 1.29 is 14.2 Å². The highest BCUT2D eigenvalue weighted by Gasteiger charge is 2.45. The molecule has 1 aliphatic heterocycles. The van der Waals surface area contributed by atoms with Crippen LogP contribution in [0.25, 0.3) is 0 Å². The minimum absolute atomic E-state index is 0.330. The van der Waals surface area contributed by atoms with Crippen LogP contribution in [0.5, 0.6) is 0 Å². The molecule has 3 nitrogen and oxygen atoms in total. The summed E-state index contributed by atoms with van der Waals surface area (Å²) in [7, 11) is 0. The smallest absolute Gasteiger partial charge is 0.166 e. The van der Waals surface area contributed by atoms with Crippen LogP contribution in [0.4, 0.5) is 0 Å². The maximum atomic E-state index is 6.01. The molecule has 1 fully saturated rings. The molecule has 0 spiro atoms. The van der Waals surface area contributed by atoms with E-state index in [1.54, 1.807) is 6.26 Å². The summed E-state index contributed by atoms with van der Waals surface area (Å²) in [6.07, 6.45) is 4.46. The normalized spacial score (nSPS) is 35.1. The van der Waals surface area contributed by atoms with Gasteiger partial charge in [0.1, 0.15) is 12.2 Å². The lowest BCUT2D eigenvalue weighted by Gasteiger charge is -2.28. The Morgan fingerprint density at radius 2 is 2.06 bits per heavy atom. The zero-order valence-corrected chi connectivity index (χ0v) is 11.1. The molecular weight excluding hydrogens is 204 g/mol. The molecule has 0 aromatic rings. The lowest BCUT2D eigenvalue weighted by molar-refractivity contribution is -0.187. The Bertz CT molecular complexity index is 250. The fourth-order valence-corrected chi connectivity index (χ4v) is 2.12. The van der Waals surface area contributed by atoms with Gasteiger partial charge in [0.25, 0.3) is 0 Å². The van der Waals surface area contributed by atoms with Gasteiger partial charge in [-0.25, -0.2) is 0 Å². The van der Waals surface area contributed by atoms with Crippen LogP contribution >= 0.6 is 0 Å². The van der Waals surface area contributed by atoms with Crippen molar-refractivity contribution in [1.82, 2.24) is 0 Å². The Morgan fingerprint density at radius 1 is 1.38 bits per heavy atom. The van der Waals surface area contributed by atoms with E-state index in [1.165, 1.54) is 0 Å². The Morgan fingerprint density at radius 3 is 2.62 bits per heavy atom. The van der Waals surface area contributed by atoms with Gasteiger partial charge in [0.15, 0.2) is 5.79 Å². The van der Waals surface area contributed by atoms with Gasteiger partial charge in [-0.3, -0.25) is 0 Å². The van der Waals surface area contributed by atoms with Crippen molar-refractivity contribution in [3.8, 4) is 0 Å². The first-order valence-corrected chi connectivity index (χ1v) is 5.96. The second kappa shape index (κ2) is 5.19. The van der Waals surface area contributed by atoms with Gasteiger partial charge >= 0.3 is 0 Å². The predicted octanol–water partition coefficient (Wildman–Crippen LogP) is 3.10. The summed E-state index contributed by atoms with van der Waals surface area (Å²) in [5.74, 6) is 0.103. The number of rotatable bonds is 5. The summed E-state index contributed by atoms with van der Waals surface area (Å²) in [5.41, 5.74) is -0.330. The first kappa shape index (κ1) is 13.5. The first-order chi connectivity index (χ1) is 7.39. The number of ether oxygens (including phenoxy) is 3. The zero-order valence-electron chi connectivity index (χ0n) is 11.1. The van der Waals surface area contributed by atoms with E-state index in [9.17, 15) is 0 Å². The van der Waals surface area contributed by atoms with Crippen LogP contribution in [-0.4, -0.2) is 24.6 Å². The summed E-state index contributed by atoms with van der Waals surface area (Å²) in [5, 5.41) is 0. The van der Waals surface area contributed by atoms with Crippen LogP contribution in [0.15, 0.2) is 12.3 Å². The standard InChI is InChI=1S/C13H24O3/c1-6-7-14-9-12(4)10-15-13(5,16-12)8-11(2)3/h6-7,11H,8-10H2,1-5H3. The van der Waals surface area contributed by atoms with Crippen LogP contribution in [0.2, 0.25) is 0 Å². The molecule has 94 valence electrons. The second-order valence-corrected chi connectivity index (χ2v) is 5.35. The first-order valence-electron chi connectivity index (χ1n) is 5.96. The highest BCUT2D eigenvalue weighted by Crippen LogP contribution is 2.35. The molecule has 1 heterocycles. The van der Waals surface area contributed by atoms with Crippen molar-refractivity contribution >= 4 is 0 Å². The maximum Gasteiger partial charge on any atom is 0.166 e. The summed E-state index contributed by atoms with van der Waals surface area (Å²) in [6, 6.07) is 0. The summed E-state index contributed by atoms with van der Waals surface area (Å²) >= 11 is 0. The summed E-state index contributed by atoms with van der Waals surface area (Å²) in [4.78, 5) is 0. The molecule has 1 saturated heterocycles. The van der Waals surface area contributed by atoms with Crippen molar-refractivity contribution in [2.45, 2.75) is 52.4 Å². The van der Waals surface area contributed by atoms with Crippen molar-refractivity contribution in [2.24, 2.45) is 5.92 Å². The Labute approximate surface area is 98.8 Å². The molecule has 1 aliphatic rings. The molecule has 0 N–H and O–H groups in total. The minimum Gasteiger partial charge on any atom is -0.498 e. The van der Waals surface area contributed by atoms with Gasteiger partial charge in [-0.15, -0.1) is 0 Å². The van der Waals surface area contributed by atoms with Crippen molar-refractivity contribution in [1.29, 1.82) is 0 Å². The van der Waals surface area contributed by atoms with Crippen LogP contribution in [0, 0.1) is 5.92 Å². The van der Waals surface area contributed by atoms with E-state index in [0.717, 1.165) is 6.42 Å². The van der Waals surface area contributed by atoms with Gasteiger partial charge in [0, 0.05) is 6.42 Å². The van der Waals surface area contributed by atoms with E-state index >= 15 is 0 Å². The largest absolute Gasteiger partial charge is 0.498 e. The van der Waals surface area contributed by atoms with E-state index in [4.69, 9.17) is 14.2 Å². The summed E-state index contributed by atoms with van der Waals surface area (Å²) in [6.45, 7) is 11.4. The van der Waals surface area contributed by atoms with Gasteiger partial charge < -0.3 is 14.2 Å². The molecular formula is C13H24O3. The predicted molar refractivity (Wildman–Crippen MR) is 64.1 cm³/mol. The topological polar surface area (TPSA) is 27.7 Å². The van der Waals surface area contributed by atoms with Crippen LogP contribution in [0.1, 0.15) is 41.0 Å². The molecule has 3 heteroatoms. The highest BCUT2D eigenvalue weighted by atomic mass is 16.8. The molecule has 0 radical (unpaired) electrons. The van der Waals surface area contributed by atoms with Gasteiger partial charge in [-0.2, -0.15) is 0 Å². The fraction of sp³-hybridized carbons (Fsp3) is 0.846. The lowest BCUT2D eigenvalue weighted by Crippen LogP contribution is -2.37. The third-order valence-corrected chi connectivity index (χ3v) is 2.55. The average molecular weight is 228 g/mol. The number of hydrogen-bond donors (Lipinski definition) is 0. The van der Waals surface area contributed by atoms with E-state index in [-0.39, 0.29) is 5.60 Å². The van der Waals surface area contributed by atoms with Crippen molar-refractivity contribution in [3.63, 3.8) is 0 Å². The third kappa shape index (κ3) is 3.80. The quantitative estimate of drug-likeness (QED) is 0.677. The Hall–Kier alpha value is -0.540. The minimum atomic E-state index is -0.456. The van der Waals surface area contributed by atoms with Crippen LogP contribution in [-0.2, 0) is 14.2 Å². The van der Waals surface area contributed by atoms with E-state index in [2.05, 4.69) is 13.8 Å². The van der Waals surface area contributed by atoms with E-state index in [1.807, 2.05) is 26.8 Å². The molecule has 0 aromatic heterocycles. The third-order valence-electron chi connectivity index (χ3n) is 2.55. The van der Waals surface area contributed by atoms with Gasteiger partial charge in [-0.1, -0.05) is 19.9 Å². The SMILES string of the molecule is CC=COCC1(C)COC(C)(CC(C)C)O1. The highest BCUT2D eigenvalue weighted by molar-refractivity contribution is 4.86.